The van der Waals surface area contributed by atoms with E-state index in [1.165, 1.54) is 13.1 Å². The first-order chi connectivity index (χ1) is 11.5. The number of aromatic hydroxyl groups is 1. The van der Waals surface area contributed by atoms with Crippen LogP contribution in [-0.4, -0.2) is 22.1 Å². The fourth-order valence-corrected chi connectivity index (χ4v) is 2.17. The van der Waals surface area contributed by atoms with Crippen LogP contribution in [0.4, 0.5) is 5.69 Å². The summed E-state index contributed by atoms with van der Waals surface area (Å²) in [5.74, 6) is -0.0473. The zero-order chi connectivity index (χ0) is 17.1. The van der Waals surface area contributed by atoms with Gasteiger partial charge in [-0.05, 0) is 55.5 Å². The van der Waals surface area contributed by atoms with E-state index in [-0.39, 0.29) is 23.3 Å². The summed E-state index contributed by atoms with van der Waals surface area (Å²) in [7, 11) is 0. The van der Waals surface area contributed by atoms with Crippen LogP contribution < -0.4 is 0 Å². The second-order valence-corrected chi connectivity index (χ2v) is 5.51. The summed E-state index contributed by atoms with van der Waals surface area (Å²) in [5, 5.41) is 10.5. The third-order valence-electron chi connectivity index (χ3n) is 3.34. The minimum Gasteiger partial charge on any atom is -0.479 e. The van der Waals surface area contributed by atoms with E-state index in [1.807, 2.05) is 0 Å². The predicted octanol–water partition coefficient (Wildman–Crippen LogP) is 4.65. The lowest BCUT2D eigenvalue weighted by molar-refractivity contribution is 0.101. The molecule has 0 fully saturated rings. The molecule has 0 saturated heterocycles. The zero-order valence-corrected chi connectivity index (χ0v) is 13.5. The number of benzene rings is 2. The molecule has 1 aromatic heterocycles. The van der Waals surface area contributed by atoms with Gasteiger partial charge in [-0.25, -0.2) is 4.98 Å². The average molecular weight is 341 g/mol. The number of nitrogens with zero attached hydrogens (tertiary/aromatic N) is 2. The largest absolute Gasteiger partial charge is 0.479 e. The van der Waals surface area contributed by atoms with E-state index in [2.05, 4.69) is 9.98 Å². The highest BCUT2D eigenvalue weighted by atomic mass is 35.5. The highest BCUT2D eigenvalue weighted by Gasteiger charge is 2.12. The van der Waals surface area contributed by atoms with Gasteiger partial charge in [0.25, 0.3) is 0 Å². The number of rotatable bonds is 4. The van der Waals surface area contributed by atoms with E-state index in [4.69, 9.17) is 16.0 Å². The highest BCUT2D eigenvalue weighted by molar-refractivity contribution is 6.30. The van der Waals surface area contributed by atoms with Crippen LogP contribution in [0.3, 0.4) is 0 Å². The van der Waals surface area contributed by atoms with Crippen LogP contribution in [0.2, 0.25) is 5.02 Å². The quantitative estimate of drug-likeness (QED) is 0.554. The maximum atomic E-state index is 11.2. The second-order valence-electron chi connectivity index (χ2n) is 5.08. The van der Waals surface area contributed by atoms with Gasteiger partial charge in [0.15, 0.2) is 11.5 Å². The van der Waals surface area contributed by atoms with E-state index in [0.717, 1.165) is 0 Å². The first-order valence-corrected chi connectivity index (χ1v) is 7.51. The van der Waals surface area contributed by atoms with Crippen molar-refractivity contribution >= 4 is 29.3 Å². The van der Waals surface area contributed by atoms with Gasteiger partial charge in [-0.3, -0.25) is 9.79 Å². The number of Topliss-reactive ketones (excluding diaryl/α,β-unsaturated/α-hetero) is 1. The smallest absolute Gasteiger partial charge is 0.312 e. The second kappa shape index (κ2) is 6.68. The molecule has 0 aliphatic carbocycles. The topological polar surface area (TPSA) is 75.7 Å². The molecule has 0 atom stereocenters. The molecule has 0 aliphatic rings. The number of aliphatic imine (C=N–C) groups is 1. The highest BCUT2D eigenvalue weighted by Crippen LogP contribution is 2.26. The molecule has 0 radical (unpaired) electrons. The third kappa shape index (κ3) is 3.52. The standard InChI is InChI=1S/C18H13ClN2O3/c1-11(22)12-4-8-15(9-5-12)20-10-16-18(23)24-17(21-16)13-2-6-14(19)7-3-13/h2-10,23H,1H3. The number of carbonyl (C=O) groups is 1. The van der Waals surface area contributed by atoms with Crippen molar-refractivity contribution in [1.29, 1.82) is 0 Å². The van der Waals surface area contributed by atoms with E-state index >= 15 is 0 Å². The summed E-state index contributed by atoms with van der Waals surface area (Å²) in [6, 6.07) is 13.7. The molecule has 2 aromatic carbocycles. The van der Waals surface area contributed by atoms with Gasteiger partial charge in [0.2, 0.25) is 5.89 Å². The predicted molar refractivity (Wildman–Crippen MR) is 92.3 cm³/mol. The maximum absolute atomic E-state index is 11.2. The van der Waals surface area contributed by atoms with Crippen LogP contribution in [0, 0.1) is 0 Å². The fraction of sp³-hybridized carbons (Fsp3) is 0.0556. The molecule has 5 nitrogen and oxygen atoms in total. The normalized spacial score (nSPS) is 11.1. The summed E-state index contributed by atoms with van der Waals surface area (Å²) < 4.78 is 5.25. The van der Waals surface area contributed by atoms with Crippen molar-refractivity contribution in [2.24, 2.45) is 4.99 Å². The Kier molecular flexibility index (Phi) is 4.44. The Balaban J connectivity index is 1.82. The van der Waals surface area contributed by atoms with Gasteiger partial charge in [-0.1, -0.05) is 11.6 Å². The summed E-state index contributed by atoms with van der Waals surface area (Å²) in [4.78, 5) is 19.7. The van der Waals surface area contributed by atoms with E-state index in [1.54, 1.807) is 48.5 Å². The summed E-state index contributed by atoms with van der Waals surface area (Å²) in [6.07, 6.45) is 1.40. The fourth-order valence-electron chi connectivity index (χ4n) is 2.04. The van der Waals surface area contributed by atoms with Gasteiger partial charge in [-0.15, -0.1) is 0 Å². The van der Waals surface area contributed by atoms with Crippen LogP contribution in [-0.2, 0) is 0 Å². The Bertz CT molecular complexity index is 897. The molecule has 1 N–H and O–H groups in total. The number of hydrogen-bond donors (Lipinski definition) is 1. The molecule has 3 aromatic rings. The van der Waals surface area contributed by atoms with Gasteiger partial charge >= 0.3 is 5.95 Å². The van der Waals surface area contributed by atoms with E-state index < -0.39 is 0 Å². The molecule has 6 heteroatoms. The molecule has 24 heavy (non-hydrogen) atoms. The number of halogens is 1. The Morgan fingerprint density at radius 3 is 2.46 bits per heavy atom. The Morgan fingerprint density at radius 1 is 1.17 bits per heavy atom. The van der Waals surface area contributed by atoms with Crippen molar-refractivity contribution in [1.82, 2.24) is 4.98 Å². The Hall–Kier alpha value is -2.92. The third-order valence-corrected chi connectivity index (χ3v) is 3.59. The molecule has 0 unspecified atom stereocenters. The van der Waals surface area contributed by atoms with Crippen molar-refractivity contribution in [2.75, 3.05) is 0 Å². The van der Waals surface area contributed by atoms with Gasteiger partial charge in [0.1, 0.15) is 0 Å². The minimum absolute atomic E-state index is 0.00715. The van der Waals surface area contributed by atoms with Crippen molar-refractivity contribution in [2.45, 2.75) is 6.92 Å². The van der Waals surface area contributed by atoms with Crippen LogP contribution in [0.15, 0.2) is 57.9 Å². The first kappa shape index (κ1) is 16.0. The summed E-state index contributed by atoms with van der Waals surface area (Å²) in [5.41, 5.74) is 2.16. The molecule has 0 amide bonds. The lowest BCUT2D eigenvalue weighted by atomic mass is 10.1. The molecule has 3 rings (SSSR count). The Morgan fingerprint density at radius 2 is 1.83 bits per heavy atom. The molecule has 120 valence electrons. The monoisotopic (exact) mass is 340 g/mol. The van der Waals surface area contributed by atoms with Crippen molar-refractivity contribution in [3.63, 3.8) is 0 Å². The van der Waals surface area contributed by atoms with Crippen LogP contribution >= 0.6 is 11.6 Å². The van der Waals surface area contributed by atoms with Gasteiger partial charge in [-0.2, -0.15) is 0 Å². The summed E-state index contributed by atoms with van der Waals surface area (Å²) >= 11 is 5.84. The maximum Gasteiger partial charge on any atom is 0.312 e. The Labute approximate surface area is 143 Å². The molecular weight excluding hydrogens is 328 g/mol. The molecule has 1 heterocycles. The van der Waals surface area contributed by atoms with Crippen LogP contribution in [0.5, 0.6) is 5.95 Å². The molecule has 0 spiro atoms. The van der Waals surface area contributed by atoms with E-state index in [9.17, 15) is 9.90 Å². The van der Waals surface area contributed by atoms with E-state index in [0.29, 0.717) is 21.8 Å². The SMILES string of the molecule is CC(=O)c1ccc(N=Cc2nc(-c3ccc(Cl)cc3)oc2O)cc1. The number of hydrogen-bond acceptors (Lipinski definition) is 5. The minimum atomic E-state index is -0.316. The first-order valence-electron chi connectivity index (χ1n) is 7.14. The molecule has 0 aliphatic heterocycles. The lowest BCUT2D eigenvalue weighted by Gasteiger charge is -1.96. The van der Waals surface area contributed by atoms with Crippen molar-refractivity contribution < 1.29 is 14.3 Å². The number of aromatic nitrogens is 1. The number of oxazole rings is 1. The summed E-state index contributed by atoms with van der Waals surface area (Å²) in [6.45, 7) is 1.50. The van der Waals surface area contributed by atoms with Crippen LogP contribution in [0.25, 0.3) is 11.5 Å². The van der Waals surface area contributed by atoms with Gasteiger partial charge in [0.05, 0.1) is 11.9 Å². The average Bonchev–Trinajstić information content (AvgIpc) is 2.95. The lowest BCUT2D eigenvalue weighted by Crippen LogP contribution is -1.89. The zero-order valence-electron chi connectivity index (χ0n) is 12.7. The van der Waals surface area contributed by atoms with Gasteiger partial charge < -0.3 is 9.52 Å². The van der Waals surface area contributed by atoms with Crippen LogP contribution in [0.1, 0.15) is 23.0 Å². The van der Waals surface area contributed by atoms with Gasteiger partial charge in [0, 0.05) is 16.1 Å². The van der Waals surface area contributed by atoms with Crippen molar-refractivity contribution in [3.8, 4) is 17.4 Å². The molecule has 0 saturated carbocycles. The molecule has 0 bridgehead atoms. The number of ketones is 1. The molecular formula is C18H13ClN2O3. The van der Waals surface area contributed by atoms with Crippen molar-refractivity contribution in [3.05, 3.63) is 64.8 Å². The number of carbonyl (C=O) groups excluding carboxylic acids is 1.